The molecule has 0 spiro atoms. The lowest BCUT2D eigenvalue weighted by Crippen LogP contribution is -2.02. The largest absolute Gasteiger partial charge is 0.369 e. The molecule has 2 heterocycles. The van der Waals surface area contributed by atoms with Crippen molar-refractivity contribution in [3.8, 4) is 11.3 Å². The van der Waals surface area contributed by atoms with Crippen LogP contribution < -0.4 is 5.73 Å². The van der Waals surface area contributed by atoms with Gasteiger partial charge in [0.15, 0.2) is 0 Å². The van der Waals surface area contributed by atoms with Crippen molar-refractivity contribution in [1.82, 2.24) is 14.4 Å². The van der Waals surface area contributed by atoms with Crippen LogP contribution in [0.1, 0.15) is 12.5 Å². The number of hydrogen-bond donors (Lipinski definition) is 1. The number of aryl methyl sites for hydroxylation is 1. The highest BCUT2D eigenvalue weighted by atomic mass is 79.9. The molecule has 3 aromatic rings. The lowest BCUT2D eigenvalue weighted by molar-refractivity contribution is -0.384. The van der Waals surface area contributed by atoms with Gasteiger partial charge in [0.2, 0.25) is 5.95 Å². The van der Waals surface area contributed by atoms with Gasteiger partial charge in [-0.2, -0.15) is 0 Å². The minimum absolute atomic E-state index is 0.0408. The number of nitrogens with two attached hydrogens (primary N) is 1. The van der Waals surface area contributed by atoms with Gasteiger partial charge in [-0.05, 0) is 34.5 Å². The van der Waals surface area contributed by atoms with Gasteiger partial charge in [-0.25, -0.2) is 9.97 Å². The molecule has 2 aromatic heterocycles. The number of rotatable bonds is 3. The SMILES string of the molecule is CCc1cnc(N)n2c(Br)c(-c3ccc([N+](=O)[O-])cc3)nc12. The van der Waals surface area contributed by atoms with E-state index in [0.29, 0.717) is 16.2 Å². The van der Waals surface area contributed by atoms with E-state index in [2.05, 4.69) is 25.9 Å². The highest BCUT2D eigenvalue weighted by Gasteiger charge is 2.17. The zero-order valence-electron chi connectivity index (χ0n) is 11.7. The summed E-state index contributed by atoms with van der Waals surface area (Å²) in [5.41, 5.74) is 9.11. The van der Waals surface area contributed by atoms with Gasteiger partial charge in [0.05, 0.1) is 4.92 Å². The molecule has 8 heteroatoms. The maximum atomic E-state index is 10.7. The standard InChI is InChI=1S/C14H12BrN5O2/c1-2-8-7-17-14(16)19-12(15)11(18-13(8)19)9-3-5-10(6-4-9)20(21)22/h3-7H,2H2,1H3,(H2,16,17). The summed E-state index contributed by atoms with van der Waals surface area (Å²) in [6.07, 6.45) is 2.49. The first-order valence-corrected chi connectivity index (χ1v) is 7.38. The van der Waals surface area contributed by atoms with E-state index in [4.69, 9.17) is 5.73 Å². The molecule has 0 bridgehead atoms. The summed E-state index contributed by atoms with van der Waals surface area (Å²) in [5, 5.41) is 10.7. The molecule has 0 aliphatic rings. The Morgan fingerprint density at radius 3 is 2.64 bits per heavy atom. The molecule has 2 N–H and O–H groups in total. The van der Waals surface area contributed by atoms with Crippen LogP contribution in [-0.2, 0) is 6.42 Å². The van der Waals surface area contributed by atoms with E-state index in [9.17, 15) is 10.1 Å². The molecule has 0 aliphatic carbocycles. The van der Waals surface area contributed by atoms with Crippen molar-refractivity contribution in [2.75, 3.05) is 5.73 Å². The lowest BCUT2D eigenvalue weighted by atomic mass is 10.1. The molecule has 0 fully saturated rings. The summed E-state index contributed by atoms with van der Waals surface area (Å²) in [6.45, 7) is 2.02. The fourth-order valence-corrected chi connectivity index (χ4v) is 2.93. The van der Waals surface area contributed by atoms with Crippen molar-refractivity contribution in [1.29, 1.82) is 0 Å². The normalized spacial score (nSPS) is 11.0. The van der Waals surface area contributed by atoms with Crippen LogP contribution in [0.25, 0.3) is 16.9 Å². The molecule has 0 radical (unpaired) electrons. The van der Waals surface area contributed by atoms with Crippen LogP contribution in [0.3, 0.4) is 0 Å². The molecule has 112 valence electrons. The van der Waals surface area contributed by atoms with Gasteiger partial charge in [0, 0.05) is 29.5 Å². The van der Waals surface area contributed by atoms with E-state index in [1.54, 1.807) is 22.7 Å². The maximum absolute atomic E-state index is 10.7. The van der Waals surface area contributed by atoms with Crippen molar-refractivity contribution < 1.29 is 4.92 Å². The van der Waals surface area contributed by atoms with E-state index < -0.39 is 4.92 Å². The molecule has 3 rings (SSSR count). The number of halogens is 1. The lowest BCUT2D eigenvalue weighted by Gasteiger charge is -2.03. The van der Waals surface area contributed by atoms with Crippen LogP contribution in [0, 0.1) is 10.1 Å². The third-order valence-electron chi connectivity index (χ3n) is 3.42. The zero-order valence-corrected chi connectivity index (χ0v) is 13.2. The number of benzene rings is 1. The first kappa shape index (κ1) is 14.5. The fourth-order valence-electron chi connectivity index (χ4n) is 2.26. The van der Waals surface area contributed by atoms with Crippen molar-refractivity contribution in [3.63, 3.8) is 0 Å². The van der Waals surface area contributed by atoms with E-state index in [1.807, 2.05) is 6.92 Å². The molecule has 7 nitrogen and oxygen atoms in total. The van der Waals surface area contributed by atoms with Gasteiger partial charge >= 0.3 is 0 Å². The minimum atomic E-state index is -0.431. The van der Waals surface area contributed by atoms with E-state index in [1.165, 1.54) is 12.1 Å². The number of nitrogens with zero attached hydrogens (tertiary/aromatic N) is 4. The van der Waals surface area contributed by atoms with Crippen LogP contribution in [0.4, 0.5) is 11.6 Å². The average molecular weight is 362 g/mol. The number of nitro benzene ring substituents is 1. The zero-order chi connectivity index (χ0) is 15.9. The summed E-state index contributed by atoms with van der Waals surface area (Å²) in [7, 11) is 0. The van der Waals surface area contributed by atoms with Gasteiger partial charge < -0.3 is 5.73 Å². The molecular formula is C14H12BrN5O2. The number of imidazole rings is 1. The second-order valence-electron chi connectivity index (χ2n) is 4.71. The van der Waals surface area contributed by atoms with E-state index >= 15 is 0 Å². The smallest absolute Gasteiger partial charge is 0.269 e. The average Bonchev–Trinajstić information content (AvgIpc) is 2.86. The van der Waals surface area contributed by atoms with E-state index in [-0.39, 0.29) is 5.69 Å². The topological polar surface area (TPSA) is 99.3 Å². The van der Waals surface area contributed by atoms with Gasteiger partial charge in [-0.3, -0.25) is 14.5 Å². The van der Waals surface area contributed by atoms with Gasteiger partial charge in [0.25, 0.3) is 5.69 Å². The Labute approximate surface area is 134 Å². The predicted molar refractivity (Wildman–Crippen MR) is 86.6 cm³/mol. The van der Waals surface area contributed by atoms with Crippen molar-refractivity contribution in [2.45, 2.75) is 13.3 Å². The van der Waals surface area contributed by atoms with Crippen LogP contribution in [0.2, 0.25) is 0 Å². The Balaban J connectivity index is 2.21. The number of aromatic nitrogens is 3. The molecule has 0 amide bonds. The van der Waals surface area contributed by atoms with Crippen LogP contribution in [-0.4, -0.2) is 19.3 Å². The highest BCUT2D eigenvalue weighted by Crippen LogP contribution is 2.32. The Morgan fingerprint density at radius 1 is 1.36 bits per heavy atom. The predicted octanol–water partition coefficient (Wildman–Crippen LogP) is 3.21. The summed E-state index contributed by atoms with van der Waals surface area (Å²) in [6, 6.07) is 6.24. The van der Waals surface area contributed by atoms with Gasteiger partial charge in [-0.15, -0.1) is 0 Å². The fraction of sp³-hybridized carbons (Fsp3) is 0.143. The number of fused-ring (bicyclic) bond motifs is 1. The molecule has 0 saturated heterocycles. The Morgan fingerprint density at radius 2 is 2.05 bits per heavy atom. The molecule has 1 aromatic carbocycles. The Kier molecular flexibility index (Phi) is 3.53. The molecule has 0 aliphatic heterocycles. The number of hydrogen-bond acceptors (Lipinski definition) is 5. The second-order valence-corrected chi connectivity index (χ2v) is 5.46. The molecular weight excluding hydrogens is 350 g/mol. The third kappa shape index (κ3) is 2.21. The summed E-state index contributed by atoms with van der Waals surface area (Å²) >= 11 is 3.50. The van der Waals surface area contributed by atoms with Crippen molar-refractivity contribution >= 4 is 33.2 Å². The minimum Gasteiger partial charge on any atom is -0.369 e. The number of nitro groups is 1. The van der Waals surface area contributed by atoms with Gasteiger partial charge in [0.1, 0.15) is 15.9 Å². The summed E-state index contributed by atoms with van der Waals surface area (Å²) in [4.78, 5) is 19.1. The Hall–Kier alpha value is -2.48. The Bertz CT molecular complexity index is 873. The van der Waals surface area contributed by atoms with Crippen LogP contribution in [0.5, 0.6) is 0 Å². The summed E-state index contributed by atoms with van der Waals surface area (Å²) in [5.74, 6) is 0.333. The molecule has 0 unspecified atom stereocenters. The van der Waals surface area contributed by atoms with Crippen LogP contribution >= 0.6 is 15.9 Å². The van der Waals surface area contributed by atoms with Gasteiger partial charge in [-0.1, -0.05) is 6.92 Å². The van der Waals surface area contributed by atoms with Crippen molar-refractivity contribution in [3.05, 3.63) is 50.7 Å². The van der Waals surface area contributed by atoms with E-state index in [0.717, 1.165) is 23.2 Å². The first-order chi connectivity index (χ1) is 10.5. The molecule has 22 heavy (non-hydrogen) atoms. The first-order valence-electron chi connectivity index (χ1n) is 6.59. The molecule has 0 atom stereocenters. The molecule has 0 saturated carbocycles. The monoisotopic (exact) mass is 361 g/mol. The van der Waals surface area contributed by atoms with Crippen molar-refractivity contribution in [2.24, 2.45) is 0 Å². The quantitative estimate of drug-likeness (QED) is 0.570. The third-order valence-corrected chi connectivity index (χ3v) is 4.15. The second kappa shape index (κ2) is 5.38. The number of anilines is 1. The number of non-ortho nitro benzene ring substituents is 1. The van der Waals surface area contributed by atoms with Crippen LogP contribution in [0.15, 0.2) is 35.1 Å². The maximum Gasteiger partial charge on any atom is 0.269 e. The summed E-state index contributed by atoms with van der Waals surface area (Å²) < 4.78 is 2.41. The number of nitrogen functional groups attached to an aromatic ring is 1. The highest BCUT2D eigenvalue weighted by molar-refractivity contribution is 9.10.